The molecule has 0 saturated heterocycles. The molecule has 3 rings (SSSR count). The summed E-state index contributed by atoms with van der Waals surface area (Å²) in [4.78, 5) is 8.17. The molecule has 2 aliphatic rings. The first kappa shape index (κ1) is 10.6. The van der Waals surface area contributed by atoms with Crippen LogP contribution in [0.2, 0.25) is 0 Å². The lowest BCUT2D eigenvalue weighted by atomic mass is 10.2. The van der Waals surface area contributed by atoms with E-state index in [1.54, 1.807) is 0 Å². The first-order chi connectivity index (χ1) is 7.86. The summed E-state index contributed by atoms with van der Waals surface area (Å²) in [6.45, 7) is 2.05. The molecule has 1 N–H and O–H groups in total. The van der Waals surface area contributed by atoms with Gasteiger partial charge in [-0.1, -0.05) is 33.8 Å². The number of nitrogens with zero attached hydrogens (tertiary/aromatic N) is 2. The molecule has 2 aliphatic heterocycles. The summed E-state index contributed by atoms with van der Waals surface area (Å²) in [5.41, 5.74) is 1.42. The molecule has 0 aliphatic carbocycles. The van der Waals surface area contributed by atoms with Crippen molar-refractivity contribution in [1.82, 2.24) is 10.3 Å². The summed E-state index contributed by atoms with van der Waals surface area (Å²) in [6, 6.07) is 6.05. The zero-order valence-corrected chi connectivity index (χ0v) is 11.1. The van der Waals surface area contributed by atoms with Gasteiger partial charge in [0.25, 0.3) is 0 Å². The molecule has 0 aromatic carbocycles. The van der Waals surface area contributed by atoms with Crippen molar-refractivity contribution in [1.29, 1.82) is 0 Å². The van der Waals surface area contributed by atoms with Gasteiger partial charge in [0.05, 0.1) is 0 Å². The van der Waals surface area contributed by atoms with Gasteiger partial charge in [-0.2, -0.15) is 0 Å². The Bertz CT molecular complexity index is 420. The number of aromatic nitrogens is 1. The number of rotatable bonds is 1. The Kier molecular flexibility index (Phi) is 2.91. The highest BCUT2D eigenvalue weighted by atomic mass is 79.9. The van der Waals surface area contributed by atoms with Crippen molar-refractivity contribution in [2.24, 2.45) is 0 Å². The lowest BCUT2D eigenvalue weighted by Gasteiger charge is -2.25. The highest BCUT2D eigenvalue weighted by Gasteiger charge is 2.33. The molecule has 16 heavy (non-hydrogen) atoms. The SMILES string of the molecule is BrC1SC2=C(CCNC2)N1c1ccccn1. The Morgan fingerprint density at radius 3 is 3.25 bits per heavy atom. The molecule has 1 unspecified atom stereocenters. The lowest BCUT2D eigenvalue weighted by molar-refractivity contribution is 0.685. The summed E-state index contributed by atoms with van der Waals surface area (Å²) in [5, 5.41) is 3.40. The molecule has 5 heteroatoms. The van der Waals surface area contributed by atoms with E-state index in [0.717, 1.165) is 25.3 Å². The third-order valence-electron chi connectivity index (χ3n) is 2.78. The van der Waals surface area contributed by atoms with Crippen LogP contribution in [0.1, 0.15) is 6.42 Å². The van der Waals surface area contributed by atoms with E-state index in [0.29, 0.717) is 0 Å². The Morgan fingerprint density at radius 1 is 1.50 bits per heavy atom. The fourth-order valence-electron chi connectivity index (χ4n) is 2.05. The van der Waals surface area contributed by atoms with Crippen LogP contribution >= 0.6 is 27.7 Å². The maximum Gasteiger partial charge on any atom is 0.141 e. The third kappa shape index (κ3) is 1.77. The molecule has 0 fully saturated rings. The second kappa shape index (κ2) is 4.39. The summed E-state index contributed by atoms with van der Waals surface area (Å²) in [5.74, 6) is 1.03. The van der Waals surface area contributed by atoms with Crippen LogP contribution in [0.25, 0.3) is 0 Å². The third-order valence-corrected chi connectivity index (χ3v) is 4.82. The van der Waals surface area contributed by atoms with Crippen molar-refractivity contribution in [3.05, 3.63) is 35.0 Å². The maximum absolute atomic E-state index is 4.43. The minimum Gasteiger partial charge on any atom is -0.312 e. The first-order valence-electron chi connectivity index (χ1n) is 5.30. The van der Waals surface area contributed by atoms with Gasteiger partial charge in [0.1, 0.15) is 10.1 Å². The van der Waals surface area contributed by atoms with Gasteiger partial charge in [-0.05, 0) is 12.1 Å². The van der Waals surface area contributed by atoms with Gasteiger partial charge < -0.3 is 10.2 Å². The zero-order chi connectivity index (χ0) is 11.0. The smallest absolute Gasteiger partial charge is 0.141 e. The molecule has 1 aromatic rings. The normalized spacial score (nSPS) is 24.8. The lowest BCUT2D eigenvalue weighted by Crippen LogP contribution is -2.30. The van der Waals surface area contributed by atoms with Gasteiger partial charge in [-0.25, -0.2) is 4.98 Å². The molecule has 0 bridgehead atoms. The van der Waals surface area contributed by atoms with Crippen molar-refractivity contribution in [3.8, 4) is 0 Å². The second-order valence-corrected chi connectivity index (χ2v) is 6.41. The first-order valence-corrected chi connectivity index (χ1v) is 7.09. The Hall–Kier alpha value is -0.520. The molecule has 1 atom stereocenters. The van der Waals surface area contributed by atoms with Gasteiger partial charge in [-0.3, -0.25) is 0 Å². The predicted octanol–water partition coefficient (Wildman–Crippen LogP) is 2.52. The number of pyridine rings is 1. The Labute approximate surface area is 107 Å². The van der Waals surface area contributed by atoms with Gasteiger partial charge in [-0.15, -0.1) is 0 Å². The quantitative estimate of drug-likeness (QED) is 0.637. The molecule has 3 nitrogen and oxygen atoms in total. The summed E-state index contributed by atoms with van der Waals surface area (Å²) in [6.07, 6.45) is 2.93. The number of alkyl halides is 1. The van der Waals surface area contributed by atoms with Crippen LogP contribution in [0.3, 0.4) is 0 Å². The number of hydrogen-bond acceptors (Lipinski definition) is 4. The van der Waals surface area contributed by atoms with Crippen molar-refractivity contribution in [2.45, 2.75) is 10.7 Å². The van der Waals surface area contributed by atoms with Crippen LogP contribution < -0.4 is 10.2 Å². The number of hydrogen-bond donors (Lipinski definition) is 1. The number of halogens is 1. The van der Waals surface area contributed by atoms with Crippen LogP contribution in [0.4, 0.5) is 5.82 Å². The number of nitrogens with one attached hydrogen (secondary N) is 1. The molecule has 0 amide bonds. The van der Waals surface area contributed by atoms with Crippen LogP contribution in [-0.4, -0.2) is 22.4 Å². The molecule has 84 valence electrons. The van der Waals surface area contributed by atoms with Crippen LogP contribution in [0, 0.1) is 0 Å². The highest BCUT2D eigenvalue weighted by Crippen LogP contribution is 2.44. The molecule has 1 aromatic heterocycles. The molecule has 0 spiro atoms. The number of thioether (sulfide) groups is 1. The number of anilines is 1. The zero-order valence-electron chi connectivity index (χ0n) is 8.69. The Balaban J connectivity index is 1.97. The molecule has 3 heterocycles. The summed E-state index contributed by atoms with van der Waals surface area (Å²) >= 11 is 5.58. The van der Waals surface area contributed by atoms with E-state index in [2.05, 4.69) is 37.2 Å². The standard InChI is InChI=1S/C11H12BrN3S/c12-11-15(10-3-1-2-5-14-10)8-4-6-13-7-9(8)16-11/h1-3,5,11,13H,4,6-7H2. The summed E-state index contributed by atoms with van der Waals surface area (Å²) < 4.78 is 0.285. The van der Waals surface area contributed by atoms with Crippen molar-refractivity contribution < 1.29 is 0 Å². The van der Waals surface area contributed by atoms with Gasteiger partial charge in [0.15, 0.2) is 0 Å². The van der Waals surface area contributed by atoms with Gasteiger partial charge in [0.2, 0.25) is 0 Å². The van der Waals surface area contributed by atoms with E-state index < -0.39 is 0 Å². The van der Waals surface area contributed by atoms with E-state index in [9.17, 15) is 0 Å². The topological polar surface area (TPSA) is 28.2 Å². The van der Waals surface area contributed by atoms with Gasteiger partial charge >= 0.3 is 0 Å². The fraction of sp³-hybridized carbons (Fsp3) is 0.364. The van der Waals surface area contributed by atoms with E-state index in [1.165, 1.54) is 10.6 Å². The molecule has 0 saturated carbocycles. The van der Waals surface area contributed by atoms with Crippen LogP contribution in [-0.2, 0) is 0 Å². The average molecular weight is 298 g/mol. The minimum atomic E-state index is 0.285. The average Bonchev–Trinajstić information content (AvgIpc) is 2.66. The van der Waals surface area contributed by atoms with Crippen molar-refractivity contribution in [2.75, 3.05) is 18.0 Å². The fourth-order valence-corrected chi connectivity index (χ4v) is 4.28. The largest absolute Gasteiger partial charge is 0.312 e. The molecular weight excluding hydrogens is 286 g/mol. The maximum atomic E-state index is 4.43. The van der Waals surface area contributed by atoms with Crippen molar-refractivity contribution >= 4 is 33.5 Å². The predicted molar refractivity (Wildman–Crippen MR) is 71.5 cm³/mol. The highest BCUT2D eigenvalue weighted by molar-refractivity contribution is 9.11. The molecular formula is C11H12BrN3S. The van der Waals surface area contributed by atoms with Crippen molar-refractivity contribution in [3.63, 3.8) is 0 Å². The summed E-state index contributed by atoms with van der Waals surface area (Å²) in [7, 11) is 0. The van der Waals surface area contributed by atoms with E-state index in [4.69, 9.17) is 0 Å². The van der Waals surface area contributed by atoms with E-state index in [-0.39, 0.29) is 4.28 Å². The minimum absolute atomic E-state index is 0.285. The Morgan fingerprint density at radius 2 is 2.44 bits per heavy atom. The van der Waals surface area contributed by atoms with Gasteiger partial charge in [0, 0.05) is 36.3 Å². The monoisotopic (exact) mass is 297 g/mol. The van der Waals surface area contributed by atoms with E-state index >= 15 is 0 Å². The van der Waals surface area contributed by atoms with Crippen LogP contribution in [0.15, 0.2) is 35.0 Å². The van der Waals surface area contributed by atoms with Crippen LogP contribution in [0.5, 0.6) is 0 Å². The van der Waals surface area contributed by atoms with E-state index in [1.807, 2.05) is 30.1 Å². The molecule has 0 radical (unpaired) electrons. The second-order valence-electron chi connectivity index (χ2n) is 3.76.